The van der Waals surface area contributed by atoms with E-state index in [9.17, 15) is 9.59 Å². The van der Waals surface area contributed by atoms with Crippen LogP contribution >= 0.6 is 23.4 Å². The fraction of sp³-hybridized carbons (Fsp3) is 0.391. The van der Waals surface area contributed by atoms with Crippen molar-refractivity contribution in [2.45, 2.75) is 52.1 Å². The number of hydrogen-bond acceptors (Lipinski definition) is 3. The highest BCUT2D eigenvalue weighted by Crippen LogP contribution is 2.19. The van der Waals surface area contributed by atoms with E-state index in [-0.39, 0.29) is 17.9 Å². The van der Waals surface area contributed by atoms with Gasteiger partial charge in [-0.1, -0.05) is 48.0 Å². The van der Waals surface area contributed by atoms with Gasteiger partial charge in [0.15, 0.2) is 0 Å². The van der Waals surface area contributed by atoms with E-state index in [1.54, 1.807) is 11.8 Å². The summed E-state index contributed by atoms with van der Waals surface area (Å²) in [6.07, 6.45) is 0. The van der Waals surface area contributed by atoms with Crippen molar-refractivity contribution in [3.8, 4) is 0 Å². The number of thioether (sulfide) groups is 1. The maximum absolute atomic E-state index is 13.0. The van der Waals surface area contributed by atoms with Crippen LogP contribution in [0.3, 0.4) is 0 Å². The largest absolute Gasteiger partial charge is 0.352 e. The van der Waals surface area contributed by atoms with Gasteiger partial charge in [-0.2, -0.15) is 0 Å². The number of benzene rings is 2. The maximum atomic E-state index is 13.0. The molecule has 2 amide bonds. The summed E-state index contributed by atoms with van der Waals surface area (Å²) in [6.45, 7) is 8.05. The topological polar surface area (TPSA) is 49.4 Å². The molecule has 0 radical (unpaired) electrons. The predicted molar refractivity (Wildman–Crippen MR) is 122 cm³/mol. The van der Waals surface area contributed by atoms with Crippen LogP contribution in [0, 0.1) is 6.92 Å². The Labute approximate surface area is 183 Å². The van der Waals surface area contributed by atoms with E-state index in [0.29, 0.717) is 23.1 Å². The normalized spacial score (nSPS) is 11.9. The number of halogens is 1. The summed E-state index contributed by atoms with van der Waals surface area (Å²) in [5.41, 5.74) is 3.23. The molecule has 0 bridgehead atoms. The van der Waals surface area contributed by atoms with Crippen molar-refractivity contribution < 1.29 is 9.59 Å². The van der Waals surface area contributed by atoms with Crippen molar-refractivity contribution in [1.29, 1.82) is 0 Å². The van der Waals surface area contributed by atoms with Gasteiger partial charge in [-0.15, -0.1) is 11.8 Å². The van der Waals surface area contributed by atoms with Gasteiger partial charge in [-0.25, -0.2) is 0 Å². The van der Waals surface area contributed by atoms with E-state index in [4.69, 9.17) is 11.6 Å². The van der Waals surface area contributed by atoms with Crippen molar-refractivity contribution in [2.75, 3.05) is 5.75 Å². The number of nitrogens with one attached hydrogen (secondary N) is 1. The molecular weight excluding hydrogens is 404 g/mol. The van der Waals surface area contributed by atoms with E-state index < -0.39 is 6.04 Å². The molecule has 156 valence electrons. The maximum Gasteiger partial charge on any atom is 0.242 e. The monoisotopic (exact) mass is 432 g/mol. The third-order valence-corrected chi connectivity index (χ3v) is 5.81. The number of hydrogen-bond donors (Lipinski definition) is 1. The summed E-state index contributed by atoms with van der Waals surface area (Å²) in [5, 5.41) is 3.60. The summed E-state index contributed by atoms with van der Waals surface area (Å²) in [5.74, 6) is 0.808. The fourth-order valence-electron chi connectivity index (χ4n) is 2.92. The third kappa shape index (κ3) is 7.41. The molecule has 0 unspecified atom stereocenters. The van der Waals surface area contributed by atoms with Gasteiger partial charge in [0.2, 0.25) is 11.8 Å². The third-order valence-electron chi connectivity index (χ3n) is 4.58. The first-order valence-electron chi connectivity index (χ1n) is 9.74. The lowest BCUT2D eigenvalue weighted by molar-refractivity contribution is -0.138. The molecular formula is C23H29ClN2O2S. The Morgan fingerprint density at radius 3 is 2.48 bits per heavy atom. The lowest BCUT2D eigenvalue weighted by Gasteiger charge is -2.30. The molecule has 0 aliphatic heterocycles. The zero-order valence-electron chi connectivity index (χ0n) is 17.4. The average molecular weight is 433 g/mol. The van der Waals surface area contributed by atoms with Crippen LogP contribution in [-0.4, -0.2) is 34.6 Å². The zero-order valence-corrected chi connectivity index (χ0v) is 19.0. The molecule has 1 atom stereocenters. The second kappa shape index (κ2) is 11.3. The van der Waals surface area contributed by atoms with E-state index in [0.717, 1.165) is 16.7 Å². The number of carbonyl (C=O) groups is 2. The smallest absolute Gasteiger partial charge is 0.242 e. The lowest BCUT2D eigenvalue weighted by atomic mass is 10.1. The molecule has 6 heteroatoms. The Balaban J connectivity index is 2.09. The summed E-state index contributed by atoms with van der Waals surface area (Å²) in [6, 6.07) is 15.1. The van der Waals surface area contributed by atoms with E-state index in [1.165, 1.54) is 11.8 Å². The average Bonchev–Trinajstić information content (AvgIpc) is 2.66. The first-order chi connectivity index (χ1) is 13.8. The van der Waals surface area contributed by atoms with Crippen LogP contribution in [0.15, 0.2) is 48.5 Å². The van der Waals surface area contributed by atoms with Gasteiger partial charge in [0.1, 0.15) is 6.04 Å². The zero-order chi connectivity index (χ0) is 21.4. The van der Waals surface area contributed by atoms with Crippen LogP contribution in [0.25, 0.3) is 0 Å². The molecule has 2 rings (SSSR count). The number of carbonyl (C=O) groups excluding carboxylic acids is 2. The highest BCUT2D eigenvalue weighted by molar-refractivity contribution is 7.99. The van der Waals surface area contributed by atoms with Gasteiger partial charge in [-0.05, 0) is 56.5 Å². The van der Waals surface area contributed by atoms with Gasteiger partial charge >= 0.3 is 0 Å². The van der Waals surface area contributed by atoms with E-state index in [1.807, 2.05) is 69.3 Å². The molecule has 0 saturated carbocycles. The molecule has 0 fully saturated rings. The molecule has 0 aliphatic carbocycles. The first-order valence-corrected chi connectivity index (χ1v) is 11.3. The first kappa shape index (κ1) is 23.3. The van der Waals surface area contributed by atoms with Crippen LogP contribution in [-0.2, 0) is 21.9 Å². The van der Waals surface area contributed by atoms with Gasteiger partial charge in [-0.3, -0.25) is 9.59 Å². The van der Waals surface area contributed by atoms with Crippen molar-refractivity contribution >= 4 is 35.2 Å². The van der Waals surface area contributed by atoms with Crippen molar-refractivity contribution in [3.63, 3.8) is 0 Å². The second-order valence-corrected chi connectivity index (χ2v) is 8.83. The van der Waals surface area contributed by atoms with Gasteiger partial charge in [0.25, 0.3) is 0 Å². The SMILES string of the molecule is Cc1ccccc1CN(C(=O)CSCc1cccc(Cl)c1)[C@@H](C)C(=O)NC(C)C. The quantitative estimate of drug-likeness (QED) is 0.617. The van der Waals surface area contributed by atoms with Crippen LogP contribution in [0.2, 0.25) is 5.02 Å². The minimum atomic E-state index is -0.545. The van der Waals surface area contributed by atoms with Gasteiger partial charge in [0.05, 0.1) is 5.75 Å². The van der Waals surface area contributed by atoms with E-state index in [2.05, 4.69) is 5.32 Å². The van der Waals surface area contributed by atoms with Crippen molar-refractivity contribution in [3.05, 3.63) is 70.2 Å². The van der Waals surface area contributed by atoms with Crippen molar-refractivity contribution in [2.24, 2.45) is 0 Å². The summed E-state index contributed by atoms with van der Waals surface area (Å²) in [7, 11) is 0. The Morgan fingerprint density at radius 2 is 1.83 bits per heavy atom. The minimum absolute atomic E-state index is 0.0255. The molecule has 0 saturated heterocycles. The number of rotatable bonds is 9. The number of nitrogens with zero attached hydrogens (tertiary/aromatic N) is 1. The Hall–Kier alpha value is -1.98. The summed E-state index contributed by atoms with van der Waals surface area (Å²) < 4.78 is 0. The lowest BCUT2D eigenvalue weighted by Crippen LogP contribution is -2.49. The molecule has 1 N–H and O–H groups in total. The van der Waals surface area contributed by atoms with Crippen LogP contribution < -0.4 is 5.32 Å². The highest BCUT2D eigenvalue weighted by Gasteiger charge is 2.26. The summed E-state index contributed by atoms with van der Waals surface area (Å²) >= 11 is 7.56. The van der Waals surface area contributed by atoms with Crippen LogP contribution in [0.1, 0.15) is 37.5 Å². The van der Waals surface area contributed by atoms with Gasteiger partial charge < -0.3 is 10.2 Å². The second-order valence-electron chi connectivity index (χ2n) is 7.41. The molecule has 0 heterocycles. The highest BCUT2D eigenvalue weighted by atomic mass is 35.5. The van der Waals surface area contributed by atoms with E-state index >= 15 is 0 Å². The molecule has 2 aromatic carbocycles. The van der Waals surface area contributed by atoms with Crippen molar-refractivity contribution in [1.82, 2.24) is 10.2 Å². The molecule has 0 aliphatic rings. The molecule has 0 spiro atoms. The Bertz CT molecular complexity index is 841. The number of aryl methyl sites for hydroxylation is 1. The molecule has 0 aromatic heterocycles. The summed E-state index contributed by atoms with van der Waals surface area (Å²) in [4.78, 5) is 27.3. The standard InChI is InChI=1S/C23H29ClN2O2S/c1-16(2)25-23(28)18(4)26(13-20-10-6-5-8-17(20)3)22(27)15-29-14-19-9-7-11-21(24)12-19/h5-12,16,18H,13-15H2,1-4H3,(H,25,28)/t18-/m0/s1. The molecule has 2 aromatic rings. The van der Waals surface area contributed by atoms with Gasteiger partial charge in [0, 0.05) is 23.4 Å². The van der Waals surface area contributed by atoms with Crippen LogP contribution in [0.4, 0.5) is 0 Å². The Kier molecular flexibility index (Phi) is 9.05. The minimum Gasteiger partial charge on any atom is -0.352 e. The fourth-order valence-corrected chi connectivity index (χ4v) is 4.00. The Morgan fingerprint density at radius 1 is 1.10 bits per heavy atom. The predicted octanol–water partition coefficient (Wildman–Crippen LogP) is 4.82. The molecule has 4 nitrogen and oxygen atoms in total. The number of amides is 2. The molecule has 29 heavy (non-hydrogen) atoms. The van der Waals surface area contributed by atoms with Crippen LogP contribution in [0.5, 0.6) is 0 Å².